The smallest absolute Gasteiger partial charge is 0.157 e. The summed E-state index contributed by atoms with van der Waals surface area (Å²) >= 11 is 0. The molecule has 2 nitrogen and oxygen atoms in total. The van der Waals surface area contributed by atoms with Crippen LogP contribution in [0.5, 0.6) is 0 Å². The van der Waals surface area contributed by atoms with Gasteiger partial charge in [-0.2, -0.15) is 0 Å². The quantitative estimate of drug-likeness (QED) is 0.844. The molecule has 90 valence electrons. The Bertz CT molecular complexity index is 421. The van der Waals surface area contributed by atoms with E-state index in [1.165, 1.54) is 24.0 Å². The first kappa shape index (κ1) is 11.0. The second kappa shape index (κ2) is 4.61. The van der Waals surface area contributed by atoms with Crippen molar-refractivity contribution >= 4 is 5.78 Å². The van der Waals surface area contributed by atoms with Crippen LogP contribution in [-0.4, -0.2) is 12.3 Å². The Kier molecular flexibility index (Phi) is 2.98. The van der Waals surface area contributed by atoms with Crippen LogP contribution in [-0.2, 0) is 11.2 Å². The van der Waals surface area contributed by atoms with Crippen LogP contribution in [0.3, 0.4) is 0 Å². The van der Waals surface area contributed by atoms with Crippen molar-refractivity contribution in [3.63, 3.8) is 0 Å². The molecule has 0 spiro atoms. The maximum absolute atomic E-state index is 12.5. The van der Waals surface area contributed by atoms with E-state index in [0.29, 0.717) is 11.7 Å². The van der Waals surface area contributed by atoms with Gasteiger partial charge in [-0.1, -0.05) is 37.1 Å². The summed E-state index contributed by atoms with van der Waals surface area (Å²) in [4.78, 5) is 12.5. The summed E-state index contributed by atoms with van der Waals surface area (Å²) in [5.74, 6) is 0.730. The minimum atomic E-state index is -0.0388. The molecule has 1 aromatic carbocycles. The summed E-state index contributed by atoms with van der Waals surface area (Å²) in [5.41, 5.74) is 2.57. The molecular formula is C15H19NO. The van der Waals surface area contributed by atoms with Crippen molar-refractivity contribution in [1.29, 1.82) is 0 Å². The van der Waals surface area contributed by atoms with Crippen molar-refractivity contribution in [1.82, 2.24) is 5.32 Å². The molecule has 1 aliphatic heterocycles. The largest absolute Gasteiger partial charge is 0.303 e. The lowest BCUT2D eigenvalue weighted by Crippen LogP contribution is -2.37. The van der Waals surface area contributed by atoms with Crippen molar-refractivity contribution in [2.45, 2.75) is 38.1 Å². The van der Waals surface area contributed by atoms with Gasteiger partial charge in [0.15, 0.2) is 5.78 Å². The highest BCUT2D eigenvalue weighted by Crippen LogP contribution is 2.32. The molecule has 1 heterocycles. The van der Waals surface area contributed by atoms with Gasteiger partial charge in [-0.15, -0.1) is 0 Å². The molecule has 0 amide bonds. The summed E-state index contributed by atoms with van der Waals surface area (Å²) in [6.45, 7) is 0.931. The van der Waals surface area contributed by atoms with Gasteiger partial charge >= 0.3 is 0 Å². The molecule has 0 aromatic heterocycles. The molecule has 1 atom stereocenters. The van der Waals surface area contributed by atoms with Crippen molar-refractivity contribution in [2.75, 3.05) is 6.54 Å². The number of carbonyl (C=O) groups excluding carboxylic acids is 1. The molecule has 1 N–H and O–H groups in total. The zero-order valence-corrected chi connectivity index (χ0v) is 10.1. The summed E-state index contributed by atoms with van der Waals surface area (Å²) in [6, 6.07) is 8.34. The third-order valence-corrected chi connectivity index (χ3v) is 4.15. The van der Waals surface area contributed by atoms with Crippen LogP contribution in [0, 0.1) is 5.92 Å². The van der Waals surface area contributed by atoms with Crippen LogP contribution in [0.1, 0.15) is 42.9 Å². The van der Waals surface area contributed by atoms with E-state index in [1.54, 1.807) is 0 Å². The average Bonchev–Trinajstić information content (AvgIpc) is 2.91. The molecular weight excluding hydrogens is 210 g/mol. The number of carbonyl (C=O) groups is 1. The fourth-order valence-corrected chi connectivity index (χ4v) is 3.20. The minimum Gasteiger partial charge on any atom is -0.303 e. The van der Waals surface area contributed by atoms with E-state index in [9.17, 15) is 4.79 Å². The van der Waals surface area contributed by atoms with Gasteiger partial charge in [0.05, 0.1) is 6.04 Å². The molecule has 2 heteroatoms. The first-order valence-corrected chi connectivity index (χ1v) is 6.71. The van der Waals surface area contributed by atoms with Gasteiger partial charge in [0, 0.05) is 12.5 Å². The topological polar surface area (TPSA) is 29.1 Å². The molecule has 0 radical (unpaired) electrons. The Hall–Kier alpha value is -1.15. The first-order valence-electron chi connectivity index (χ1n) is 6.71. The maximum atomic E-state index is 12.5. The monoisotopic (exact) mass is 229 g/mol. The molecule has 2 aliphatic rings. The summed E-state index contributed by atoms with van der Waals surface area (Å²) in [7, 11) is 0. The molecule has 1 aliphatic carbocycles. The number of ketones is 1. The second-order valence-electron chi connectivity index (χ2n) is 5.22. The van der Waals surface area contributed by atoms with Crippen LogP contribution in [0.4, 0.5) is 0 Å². The number of hydrogen-bond acceptors (Lipinski definition) is 2. The van der Waals surface area contributed by atoms with E-state index < -0.39 is 0 Å². The number of Topliss-reactive ketones (excluding diaryl/α,β-unsaturated/α-hetero) is 1. The number of rotatable bonds is 2. The zero-order valence-electron chi connectivity index (χ0n) is 10.1. The average molecular weight is 229 g/mol. The third-order valence-electron chi connectivity index (χ3n) is 4.15. The highest BCUT2D eigenvalue weighted by atomic mass is 16.1. The van der Waals surface area contributed by atoms with E-state index in [-0.39, 0.29) is 6.04 Å². The fraction of sp³-hybridized carbons (Fsp3) is 0.533. The lowest BCUT2D eigenvalue weighted by molar-refractivity contribution is -0.125. The van der Waals surface area contributed by atoms with Crippen LogP contribution in [0.2, 0.25) is 0 Å². The fourth-order valence-electron chi connectivity index (χ4n) is 3.20. The molecule has 3 rings (SSSR count). The van der Waals surface area contributed by atoms with E-state index in [4.69, 9.17) is 0 Å². The van der Waals surface area contributed by atoms with Crippen LogP contribution >= 0.6 is 0 Å². The van der Waals surface area contributed by atoms with E-state index in [0.717, 1.165) is 25.8 Å². The van der Waals surface area contributed by atoms with Crippen molar-refractivity contribution in [2.24, 2.45) is 5.92 Å². The molecule has 1 saturated carbocycles. The third kappa shape index (κ3) is 2.02. The van der Waals surface area contributed by atoms with Crippen molar-refractivity contribution < 1.29 is 4.79 Å². The molecule has 0 saturated heterocycles. The zero-order chi connectivity index (χ0) is 11.7. The number of hydrogen-bond donors (Lipinski definition) is 1. The molecule has 1 unspecified atom stereocenters. The standard InChI is InChI=1S/C15H19NO/c17-15(12-6-1-2-7-12)14-13-8-4-3-5-11(13)9-10-16-14/h3-5,8,12,14,16H,1-2,6-7,9-10H2. The minimum absolute atomic E-state index is 0.0388. The first-order chi connectivity index (χ1) is 8.36. The van der Waals surface area contributed by atoms with Gasteiger partial charge in [-0.05, 0) is 30.4 Å². The van der Waals surface area contributed by atoms with Gasteiger partial charge in [0.25, 0.3) is 0 Å². The predicted octanol–water partition coefficient (Wildman–Crippen LogP) is 2.63. The van der Waals surface area contributed by atoms with E-state index in [1.807, 2.05) is 6.07 Å². The van der Waals surface area contributed by atoms with Gasteiger partial charge in [-0.25, -0.2) is 0 Å². The van der Waals surface area contributed by atoms with Crippen molar-refractivity contribution in [3.05, 3.63) is 35.4 Å². The summed E-state index contributed by atoms with van der Waals surface area (Å²) < 4.78 is 0. The SMILES string of the molecule is O=C(C1CCCC1)C1NCCc2ccccc21. The van der Waals surface area contributed by atoms with Gasteiger partial charge in [0.1, 0.15) is 0 Å². The Morgan fingerprint density at radius 1 is 1.18 bits per heavy atom. The maximum Gasteiger partial charge on any atom is 0.157 e. The highest BCUT2D eigenvalue weighted by Gasteiger charge is 2.32. The van der Waals surface area contributed by atoms with Gasteiger partial charge in [0.2, 0.25) is 0 Å². The number of fused-ring (bicyclic) bond motifs is 1. The summed E-state index contributed by atoms with van der Waals surface area (Å²) in [5, 5.41) is 3.40. The molecule has 1 aromatic rings. The number of benzene rings is 1. The van der Waals surface area contributed by atoms with Crippen molar-refractivity contribution in [3.8, 4) is 0 Å². The normalized spacial score (nSPS) is 24.6. The van der Waals surface area contributed by atoms with Crippen LogP contribution in [0.25, 0.3) is 0 Å². The van der Waals surface area contributed by atoms with E-state index >= 15 is 0 Å². The lowest BCUT2D eigenvalue weighted by atomic mass is 9.86. The highest BCUT2D eigenvalue weighted by molar-refractivity contribution is 5.88. The van der Waals surface area contributed by atoms with Crippen LogP contribution < -0.4 is 5.32 Å². The Balaban J connectivity index is 1.86. The lowest BCUT2D eigenvalue weighted by Gasteiger charge is -2.27. The second-order valence-corrected chi connectivity index (χ2v) is 5.22. The predicted molar refractivity (Wildman–Crippen MR) is 67.9 cm³/mol. The molecule has 17 heavy (non-hydrogen) atoms. The van der Waals surface area contributed by atoms with E-state index in [2.05, 4.69) is 23.5 Å². The summed E-state index contributed by atoms with van der Waals surface area (Å²) in [6.07, 6.45) is 5.69. The van der Waals surface area contributed by atoms with Gasteiger partial charge < -0.3 is 5.32 Å². The Morgan fingerprint density at radius 2 is 1.94 bits per heavy atom. The van der Waals surface area contributed by atoms with Gasteiger partial charge in [-0.3, -0.25) is 4.79 Å². The Labute approximate surface area is 102 Å². The number of nitrogens with one attached hydrogen (secondary N) is 1. The molecule has 0 bridgehead atoms. The molecule has 1 fully saturated rings. The Morgan fingerprint density at radius 3 is 2.76 bits per heavy atom. The van der Waals surface area contributed by atoms with Crippen LogP contribution in [0.15, 0.2) is 24.3 Å².